The number of aromatic nitrogens is 2. The summed E-state index contributed by atoms with van der Waals surface area (Å²) in [7, 11) is 0. The molecular weight excluding hydrogens is 468 g/mol. The lowest BCUT2D eigenvalue weighted by molar-refractivity contribution is 0.661. The smallest absolute Gasteiger partial charge is 0.124 e. The number of hydrogen-bond acceptors (Lipinski definition) is 2. The number of nitrogens with zero attached hydrogens (tertiary/aromatic N) is 2. The van der Waals surface area contributed by atoms with E-state index in [9.17, 15) is 0 Å². The van der Waals surface area contributed by atoms with Crippen molar-refractivity contribution in [2.45, 2.75) is 19.3 Å². The van der Waals surface area contributed by atoms with Crippen molar-refractivity contribution < 1.29 is 0 Å². The third kappa shape index (κ3) is 2.89. The Balaban J connectivity index is 1.35. The maximum absolute atomic E-state index is 4.86. The highest BCUT2D eigenvalue weighted by Gasteiger charge is 2.36. The SMILES string of the molecule is CC1(C)c2ccccc2-c2cc3c(cc21)c1ccccc1n3-c1ccc(-c2nc3ccccc3s2)cc1. The van der Waals surface area contributed by atoms with E-state index in [4.69, 9.17) is 4.98 Å². The molecule has 0 unspecified atom stereocenters. The van der Waals surface area contributed by atoms with Crippen molar-refractivity contribution in [1.29, 1.82) is 0 Å². The number of thiazole rings is 1. The van der Waals surface area contributed by atoms with Crippen molar-refractivity contribution in [3.63, 3.8) is 0 Å². The monoisotopic (exact) mass is 492 g/mol. The van der Waals surface area contributed by atoms with Gasteiger partial charge in [-0.3, -0.25) is 0 Å². The standard InChI is InChI=1S/C34H24N2S/c1-34(2)27-11-5-3-9-23(27)25-20-31-26(19-28(25)34)24-10-4-7-13-30(24)36(31)22-17-15-21(16-18-22)33-35-29-12-6-8-14-32(29)37-33/h3-20H,1-2H3. The fraction of sp³-hybridized carbons (Fsp3) is 0.0882. The molecule has 3 heteroatoms. The average Bonchev–Trinajstić information content (AvgIpc) is 3.57. The molecule has 37 heavy (non-hydrogen) atoms. The minimum Gasteiger partial charge on any atom is -0.309 e. The van der Waals surface area contributed by atoms with Crippen LogP contribution in [0.2, 0.25) is 0 Å². The first-order valence-electron chi connectivity index (χ1n) is 12.7. The fourth-order valence-corrected chi connectivity index (χ4v) is 7.16. The van der Waals surface area contributed by atoms with Crippen LogP contribution in [-0.2, 0) is 5.41 Å². The van der Waals surface area contributed by atoms with Gasteiger partial charge in [0.15, 0.2) is 0 Å². The van der Waals surface area contributed by atoms with Crippen molar-refractivity contribution in [3.05, 3.63) is 120 Å². The Morgan fingerprint density at radius 1 is 0.649 bits per heavy atom. The Kier molecular flexibility index (Phi) is 4.19. The molecule has 176 valence electrons. The molecule has 8 rings (SSSR count). The Morgan fingerprint density at radius 2 is 1.41 bits per heavy atom. The van der Waals surface area contributed by atoms with E-state index in [0.717, 1.165) is 16.1 Å². The van der Waals surface area contributed by atoms with Crippen molar-refractivity contribution in [2.24, 2.45) is 0 Å². The second-order valence-corrected chi connectivity index (χ2v) is 11.5. The molecule has 0 fully saturated rings. The van der Waals surface area contributed by atoms with Crippen LogP contribution < -0.4 is 0 Å². The summed E-state index contributed by atoms with van der Waals surface area (Å²) < 4.78 is 3.64. The summed E-state index contributed by atoms with van der Waals surface area (Å²) in [5.41, 5.74) is 11.4. The minimum absolute atomic E-state index is 0.0117. The molecule has 5 aromatic carbocycles. The first kappa shape index (κ1) is 20.9. The molecule has 0 bridgehead atoms. The van der Waals surface area contributed by atoms with Gasteiger partial charge in [0.1, 0.15) is 5.01 Å². The van der Waals surface area contributed by atoms with Gasteiger partial charge in [0.05, 0.1) is 21.3 Å². The third-order valence-corrected chi connectivity index (χ3v) is 9.13. The first-order chi connectivity index (χ1) is 18.1. The Labute approximate surface area is 219 Å². The average molecular weight is 493 g/mol. The molecule has 2 heterocycles. The van der Waals surface area contributed by atoms with E-state index in [1.807, 2.05) is 6.07 Å². The lowest BCUT2D eigenvalue weighted by Gasteiger charge is -2.21. The fourth-order valence-electron chi connectivity index (χ4n) is 6.19. The van der Waals surface area contributed by atoms with Gasteiger partial charge >= 0.3 is 0 Å². The highest BCUT2D eigenvalue weighted by molar-refractivity contribution is 7.21. The molecule has 1 aliphatic rings. The molecular formula is C34H24N2S. The van der Waals surface area contributed by atoms with Crippen molar-refractivity contribution in [1.82, 2.24) is 9.55 Å². The topological polar surface area (TPSA) is 17.8 Å². The van der Waals surface area contributed by atoms with Crippen LogP contribution in [-0.4, -0.2) is 9.55 Å². The maximum Gasteiger partial charge on any atom is 0.124 e. The second kappa shape index (κ2) is 7.41. The third-order valence-electron chi connectivity index (χ3n) is 8.04. The molecule has 0 N–H and O–H groups in total. The minimum atomic E-state index is -0.0117. The van der Waals surface area contributed by atoms with Crippen LogP contribution >= 0.6 is 11.3 Å². The van der Waals surface area contributed by atoms with Crippen LogP contribution in [0.15, 0.2) is 109 Å². The molecule has 0 saturated carbocycles. The molecule has 0 radical (unpaired) electrons. The quantitative estimate of drug-likeness (QED) is 0.235. The molecule has 2 aromatic heterocycles. The Morgan fingerprint density at radius 3 is 2.27 bits per heavy atom. The van der Waals surface area contributed by atoms with Crippen molar-refractivity contribution in [2.75, 3.05) is 0 Å². The largest absolute Gasteiger partial charge is 0.309 e. The number of hydrogen-bond donors (Lipinski definition) is 0. The van der Waals surface area contributed by atoms with E-state index in [-0.39, 0.29) is 5.41 Å². The molecule has 0 spiro atoms. The number of rotatable bonds is 2. The van der Waals surface area contributed by atoms with Gasteiger partial charge in [0, 0.05) is 27.4 Å². The van der Waals surface area contributed by atoms with Crippen molar-refractivity contribution in [3.8, 4) is 27.4 Å². The van der Waals surface area contributed by atoms with Gasteiger partial charge in [-0.15, -0.1) is 11.3 Å². The van der Waals surface area contributed by atoms with Gasteiger partial charge in [-0.25, -0.2) is 4.98 Å². The molecule has 2 nitrogen and oxygen atoms in total. The summed E-state index contributed by atoms with van der Waals surface area (Å²) in [6.07, 6.45) is 0. The summed E-state index contributed by atoms with van der Waals surface area (Å²) in [5, 5.41) is 3.67. The zero-order chi connectivity index (χ0) is 24.7. The molecule has 1 aliphatic carbocycles. The van der Waals surface area contributed by atoms with E-state index < -0.39 is 0 Å². The molecule has 7 aromatic rings. The van der Waals surface area contributed by atoms with E-state index in [1.165, 1.54) is 54.4 Å². The van der Waals surface area contributed by atoms with Crippen LogP contribution in [0.4, 0.5) is 0 Å². The van der Waals surface area contributed by atoms with Gasteiger partial charge in [0.25, 0.3) is 0 Å². The predicted molar refractivity (Wildman–Crippen MR) is 157 cm³/mol. The zero-order valence-corrected chi connectivity index (χ0v) is 21.5. The van der Waals surface area contributed by atoms with Gasteiger partial charge in [0.2, 0.25) is 0 Å². The van der Waals surface area contributed by atoms with Crippen LogP contribution in [0.3, 0.4) is 0 Å². The highest BCUT2D eigenvalue weighted by atomic mass is 32.1. The highest BCUT2D eigenvalue weighted by Crippen LogP contribution is 2.50. The lowest BCUT2D eigenvalue weighted by atomic mass is 9.82. The van der Waals surface area contributed by atoms with Crippen LogP contribution in [0, 0.1) is 0 Å². The number of para-hydroxylation sites is 2. The summed E-state index contributed by atoms with van der Waals surface area (Å²) in [6.45, 7) is 4.70. The van der Waals surface area contributed by atoms with Crippen LogP contribution in [0.1, 0.15) is 25.0 Å². The van der Waals surface area contributed by atoms with E-state index in [2.05, 4.69) is 122 Å². The number of fused-ring (bicyclic) bond motifs is 7. The Hall–Kier alpha value is -4.21. The maximum atomic E-state index is 4.86. The molecule has 0 aliphatic heterocycles. The summed E-state index contributed by atoms with van der Waals surface area (Å²) >= 11 is 1.75. The van der Waals surface area contributed by atoms with Gasteiger partial charge < -0.3 is 4.57 Å². The van der Waals surface area contributed by atoms with Crippen LogP contribution in [0.5, 0.6) is 0 Å². The van der Waals surface area contributed by atoms with E-state index in [0.29, 0.717) is 0 Å². The summed E-state index contributed by atoms with van der Waals surface area (Å²) in [6, 6.07) is 39.7. The Bertz CT molecular complexity index is 1970. The zero-order valence-electron chi connectivity index (χ0n) is 20.7. The van der Waals surface area contributed by atoms with Gasteiger partial charge in [-0.1, -0.05) is 68.4 Å². The number of benzene rings is 5. The predicted octanol–water partition coefficient (Wildman–Crippen LogP) is 9.37. The normalized spacial score (nSPS) is 13.9. The summed E-state index contributed by atoms with van der Waals surface area (Å²) in [4.78, 5) is 4.86. The molecule has 0 saturated heterocycles. The summed E-state index contributed by atoms with van der Waals surface area (Å²) in [5.74, 6) is 0. The van der Waals surface area contributed by atoms with Crippen molar-refractivity contribution >= 4 is 43.4 Å². The first-order valence-corrected chi connectivity index (χ1v) is 13.6. The lowest BCUT2D eigenvalue weighted by Crippen LogP contribution is -2.14. The molecule has 0 amide bonds. The van der Waals surface area contributed by atoms with Gasteiger partial charge in [-0.2, -0.15) is 0 Å². The van der Waals surface area contributed by atoms with Gasteiger partial charge in [-0.05, 0) is 76.9 Å². The van der Waals surface area contributed by atoms with Crippen LogP contribution in [0.25, 0.3) is 59.4 Å². The second-order valence-electron chi connectivity index (χ2n) is 10.5. The molecule has 0 atom stereocenters. The van der Waals surface area contributed by atoms with E-state index >= 15 is 0 Å². The van der Waals surface area contributed by atoms with E-state index in [1.54, 1.807) is 11.3 Å².